The highest BCUT2D eigenvalue weighted by atomic mass is 16.3. The minimum absolute atomic E-state index is 0.000278. The summed E-state index contributed by atoms with van der Waals surface area (Å²) in [6.45, 7) is 4.47. The maximum atomic E-state index is 9.77. The number of hydrogen-bond donors (Lipinski definition) is 1. The maximum absolute atomic E-state index is 9.77. The van der Waals surface area contributed by atoms with Gasteiger partial charge in [0.05, 0.1) is 6.10 Å². The highest BCUT2D eigenvalue weighted by Gasteiger charge is 2.26. The average Bonchev–Trinajstić information content (AvgIpc) is 1.82. The Kier molecular flexibility index (Phi) is 4.07. The van der Waals surface area contributed by atoms with Crippen LogP contribution in [0.1, 0.15) is 52.4 Å². The minimum atomic E-state index is 0.000278. The molecular formula is C11H22O. The van der Waals surface area contributed by atoms with Crippen molar-refractivity contribution >= 4 is 0 Å². The molecule has 0 saturated heterocycles. The van der Waals surface area contributed by atoms with Crippen molar-refractivity contribution in [1.82, 2.24) is 0 Å². The molecule has 1 heteroatoms. The van der Waals surface area contributed by atoms with E-state index in [9.17, 15) is 5.11 Å². The molecule has 1 aliphatic rings. The molecule has 1 nitrogen and oxygen atoms in total. The molecule has 1 fully saturated rings. The molecule has 0 amide bonds. The second kappa shape index (κ2) is 4.86. The Labute approximate surface area is 76.2 Å². The number of hydrogen-bond acceptors (Lipinski definition) is 1. The highest BCUT2D eigenvalue weighted by Crippen LogP contribution is 2.32. The van der Waals surface area contributed by atoms with Gasteiger partial charge in [-0.15, -0.1) is 0 Å². The van der Waals surface area contributed by atoms with Crippen molar-refractivity contribution in [3.63, 3.8) is 0 Å². The van der Waals surface area contributed by atoms with Crippen LogP contribution in [-0.2, 0) is 0 Å². The normalized spacial score (nSPS) is 23.2. The molecule has 0 aromatic rings. The monoisotopic (exact) mass is 170 g/mol. The van der Waals surface area contributed by atoms with Crippen LogP contribution in [0.2, 0.25) is 0 Å². The van der Waals surface area contributed by atoms with Gasteiger partial charge in [-0.2, -0.15) is 0 Å². The van der Waals surface area contributed by atoms with E-state index in [1.807, 2.05) is 0 Å². The smallest absolute Gasteiger partial charge is 0.0570 e. The van der Waals surface area contributed by atoms with Gasteiger partial charge in [-0.1, -0.05) is 33.1 Å². The lowest BCUT2D eigenvalue weighted by Gasteiger charge is -2.31. The van der Waals surface area contributed by atoms with Crippen LogP contribution in [0.3, 0.4) is 0 Å². The first-order valence-electron chi connectivity index (χ1n) is 5.42. The first-order valence-corrected chi connectivity index (χ1v) is 5.42. The molecule has 1 N–H and O–H groups in total. The van der Waals surface area contributed by atoms with Crippen LogP contribution in [0.5, 0.6) is 0 Å². The van der Waals surface area contributed by atoms with Crippen molar-refractivity contribution in [2.45, 2.75) is 58.5 Å². The van der Waals surface area contributed by atoms with Crippen LogP contribution < -0.4 is 0 Å². The molecule has 0 spiro atoms. The van der Waals surface area contributed by atoms with Crippen LogP contribution in [0.25, 0.3) is 0 Å². The zero-order chi connectivity index (χ0) is 8.97. The average molecular weight is 170 g/mol. The fraction of sp³-hybridized carbons (Fsp3) is 1.00. The summed E-state index contributed by atoms with van der Waals surface area (Å²) in [4.78, 5) is 0. The van der Waals surface area contributed by atoms with E-state index in [4.69, 9.17) is 0 Å². The van der Waals surface area contributed by atoms with Gasteiger partial charge in [0.2, 0.25) is 0 Å². The summed E-state index contributed by atoms with van der Waals surface area (Å²) >= 11 is 0. The molecular weight excluding hydrogens is 148 g/mol. The molecule has 0 aliphatic heterocycles. The van der Waals surface area contributed by atoms with E-state index in [1.54, 1.807) is 0 Å². The molecule has 12 heavy (non-hydrogen) atoms. The molecule has 1 saturated carbocycles. The summed E-state index contributed by atoms with van der Waals surface area (Å²) in [5.74, 6) is 1.36. The van der Waals surface area contributed by atoms with Gasteiger partial charge in [0, 0.05) is 0 Å². The van der Waals surface area contributed by atoms with Crippen LogP contribution in [0.15, 0.2) is 0 Å². The van der Waals surface area contributed by atoms with Crippen LogP contribution in [0, 0.1) is 11.8 Å². The van der Waals surface area contributed by atoms with Gasteiger partial charge >= 0.3 is 0 Å². The van der Waals surface area contributed by atoms with Crippen LogP contribution in [-0.4, -0.2) is 11.2 Å². The van der Waals surface area contributed by atoms with Crippen molar-refractivity contribution in [3.05, 3.63) is 0 Å². The Hall–Kier alpha value is -0.0400. The summed E-state index contributed by atoms with van der Waals surface area (Å²) < 4.78 is 0. The molecule has 0 aromatic heterocycles. The summed E-state index contributed by atoms with van der Waals surface area (Å²) in [6, 6.07) is 0. The Bertz CT molecular complexity index is 118. The Morgan fingerprint density at radius 1 is 1.42 bits per heavy atom. The van der Waals surface area contributed by atoms with Crippen molar-refractivity contribution in [3.8, 4) is 0 Å². The van der Waals surface area contributed by atoms with E-state index >= 15 is 0 Å². The SMILES string of the molecule is CCCC(C)CC(O)C1CCC1. The van der Waals surface area contributed by atoms with Gasteiger partial charge in [-0.3, -0.25) is 0 Å². The van der Waals surface area contributed by atoms with E-state index in [-0.39, 0.29) is 6.10 Å². The Morgan fingerprint density at radius 3 is 2.50 bits per heavy atom. The lowest BCUT2D eigenvalue weighted by Crippen LogP contribution is -2.28. The third-order valence-corrected chi connectivity index (χ3v) is 3.12. The quantitative estimate of drug-likeness (QED) is 0.672. The molecule has 2 atom stereocenters. The summed E-state index contributed by atoms with van der Waals surface area (Å²) in [6.07, 6.45) is 7.41. The predicted molar refractivity (Wildman–Crippen MR) is 52.0 cm³/mol. The molecule has 2 unspecified atom stereocenters. The van der Waals surface area contributed by atoms with Crippen molar-refractivity contribution < 1.29 is 5.11 Å². The summed E-state index contributed by atoms with van der Waals surface area (Å²) in [5, 5.41) is 9.77. The van der Waals surface area contributed by atoms with Gasteiger partial charge in [-0.05, 0) is 31.1 Å². The molecule has 1 rings (SSSR count). The molecule has 0 bridgehead atoms. The van der Waals surface area contributed by atoms with Gasteiger partial charge in [0.1, 0.15) is 0 Å². The Morgan fingerprint density at radius 2 is 2.08 bits per heavy atom. The van der Waals surface area contributed by atoms with Crippen molar-refractivity contribution in [2.24, 2.45) is 11.8 Å². The lowest BCUT2D eigenvalue weighted by molar-refractivity contribution is 0.0432. The lowest BCUT2D eigenvalue weighted by atomic mass is 9.78. The van der Waals surface area contributed by atoms with Crippen molar-refractivity contribution in [2.75, 3.05) is 0 Å². The second-order valence-corrected chi connectivity index (χ2v) is 4.39. The number of aliphatic hydroxyl groups excluding tert-OH is 1. The fourth-order valence-corrected chi connectivity index (χ4v) is 2.04. The van der Waals surface area contributed by atoms with Crippen molar-refractivity contribution in [1.29, 1.82) is 0 Å². The molecule has 0 aromatic carbocycles. The van der Waals surface area contributed by atoms with Gasteiger partial charge in [0.15, 0.2) is 0 Å². The van der Waals surface area contributed by atoms with Crippen LogP contribution >= 0.6 is 0 Å². The highest BCUT2D eigenvalue weighted by molar-refractivity contribution is 4.78. The van der Waals surface area contributed by atoms with E-state index in [0.29, 0.717) is 11.8 Å². The molecule has 0 heterocycles. The third kappa shape index (κ3) is 2.78. The van der Waals surface area contributed by atoms with E-state index in [1.165, 1.54) is 32.1 Å². The van der Waals surface area contributed by atoms with Gasteiger partial charge in [0.25, 0.3) is 0 Å². The zero-order valence-corrected chi connectivity index (χ0v) is 8.42. The number of rotatable bonds is 5. The minimum Gasteiger partial charge on any atom is -0.393 e. The summed E-state index contributed by atoms with van der Waals surface area (Å²) in [5.41, 5.74) is 0. The number of aliphatic hydroxyl groups is 1. The molecule has 72 valence electrons. The van der Waals surface area contributed by atoms with E-state index in [2.05, 4.69) is 13.8 Å². The standard InChI is InChI=1S/C11H22O/c1-3-5-9(2)8-11(12)10-6-4-7-10/h9-12H,3-8H2,1-2H3. The van der Waals surface area contributed by atoms with Gasteiger partial charge in [-0.25, -0.2) is 0 Å². The largest absolute Gasteiger partial charge is 0.393 e. The first-order chi connectivity index (χ1) is 5.74. The van der Waals surface area contributed by atoms with E-state index < -0.39 is 0 Å². The maximum Gasteiger partial charge on any atom is 0.0570 e. The molecule has 1 aliphatic carbocycles. The zero-order valence-electron chi connectivity index (χ0n) is 8.42. The first kappa shape index (κ1) is 10.0. The summed E-state index contributed by atoms with van der Waals surface area (Å²) in [7, 11) is 0. The predicted octanol–water partition coefficient (Wildman–Crippen LogP) is 2.97. The Balaban J connectivity index is 2.11. The topological polar surface area (TPSA) is 20.2 Å². The fourth-order valence-electron chi connectivity index (χ4n) is 2.04. The second-order valence-electron chi connectivity index (χ2n) is 4.39. The van der Waals surface area contributed by atoms with Gasteiger partial charge < -0.3 is 5.11 Å². The molecule has 0 radical (unpaired) electrons. The van der Waals surface area contributed by atoms with E-state index in [0.717, 1.165) is 6.42 Å². The van der Waals surface area contributed by atoms with Crippen LogP contribution in [0.4, 0.5) is 0 Å². The third-order valence-electron chi connectivity index (χ3n) is 3.12.